The summed E-state index contributed by atoms with van der Waals surface area (Å²) in [5.41, 5.74) is -0.0815. The van der Waals surface area contributed by atoms with Crippen LogP contribution in [0.3, 0.4) is 0 Å². The highest BCUT2D eigenvalue weighted by atomic mass is 35.5. The Bertz CT molecular complexity index is 633. The van der Waals surface area contributed by atoms with Gasteiger partial charge >= 0.3 is 0 Å². The van der Waals surface area contributed by atoms with E-state index in [-0.39, 0.29) is 34.1 Å². The highest BCUT2D eigenvalue weighted by Crippen LogP contribution is 2.19. The van der Waals surface area contributed by atoms with Crippen molar-refractivity contribution in [3.63, 3.8) is 0 Å². The van der Waals surface area contributed by atoms with Gasteiger partial charge in [-0.05, 0) is 12.1 Å². The van der Waals surface area contributed by atoms with Crippen molar-refractivity contribution in [2.75, 3.05) is 0 Å². The predicted octanol–water partition coefficient (Wildman–Crippen LogP) is 2.89. The molecule has 1 heterocycles. The highest BCUT2D eigenvalue weighted by molar-refractivity contribution is 6.35. The van der Waals surface area contributed by atoms with E-state index in [1.165, 1.54) is 0 Å². The molecule has 0 radical (unpaired) electrons. The van der Waals surface area contributed by atoms with E-state index in [4.69, 9.17) is 19.8 Å². The van der Waals surface area contributed by atoms with E-state index in [1.807, 2.05) is 0 Å². The molecule has 0 N–H and O–H groups in total. The average Bonchev–Trinajstić information content (AvgIpc) is 2.30. The summed E-state index contributed by atoms with van der Waals surface area (Å²) in [6.07, 6.45) is -0.410. The second-order valence-electron chi connectivity index (χ2n) is 1.89. The van der Waals surface area contributed by atoms with Crippen molar-refractivity contribution in [1.82, 2.24) is 4.98 Å². The van der Waals surface area contributed by atoms with Crippen LogP contribution in [0.1, 0.15) is 8.22 Å². The van der Waals surface area contributed by atoms with Crippen LogP contribution in [0.15, 0.2) is 36.4 Å². The summed E-state index contributed by atoms with van der Waals surface area (Å²) < 4.78 is 45.2. The fourth-order valence-corrected chi connectivity index (χ4v) is 0.923. The van der Waals surface area contributed by atoms with Crippen LogP contribution in [-0.2, 0) is 0 Å². The quantitative estimate of drug-likeness (QED) is 0.591. The van der Waals surface area contributed by atoms with Gasteiger partial charge in [-0.3, -0.25) is 4.98 Å². The van der Waals surface area contributed by atoms with Crippen molar-refractivity contribution in [3.05, 3.63) is 41.4 Å². The summed E-state index contributed by atoms with van der Waals surface area (Å²) in [7, 11) is 0. The molecule has 11 heavy (non-hydrogen) atoms. The van der Waals surface area contributed by atoms with Crippen molar-refractivity contribution in [1.29, 1.82) is 0 Å². The van der Waals surface area contributed by atoms with Crippen LogP contribution in [0.5, 0.6) is 0 Å². The molecule has 0 amide bonds. The molecule has 0 saturated heterocycles. The monoisotopic (exact) mass is 169 g/mol. The fourth-order valence-electron chi connectivity index (χ4n) is 0.744. The van der Waals surface area contributed by atoms with Crippen LogP contribution in [0.2, 0.25) is 5.02 Å². The van der Waals surface area contributed by atoms with Crippen molar-refractivity contribution < 1.29 is 8.22 Å². The van der Waals surface area contributed by atoms with E-state index >= 15 is 0 Å². The van der Waals surface area contributed by atoms with Crippen molar-refractivity contribution in [2.24, 2.45) is 0 Å². The molecular weight excluding hydrogens is 158 g/mol. The van der Waals surface area contributed by atoms with Gasteiger partial charge in [-0.2, -0.15) is 0 Å². The van der Waals surface area contributed by atoms with Crippen LogP contribution >= 0.6 is 11.6 Å². The molecule has 1 aromatic carbocycles. The van der Waals surface area contributed by atoms with Gasteiger partial charge in [-0.1, -0.05) is 29.7 Å². The maximum atomic E-state index is 7.67. The number of benzene rings is 1. The molecule has 0 unspecified atom stereocenters. The van der Waals surface area contributed by atoms with Gasteiger partial charge in [0.2, 0.25) is 0 Å². The van der Waals surface area contributed by atoms with Crippen molar-refractivity contribution in [2.45, 2.75) is 0 Å². The van der Waals surface area contributed by atoms with Gasteiger partial charge in [0.1, 0.15) is 0 Å². The number of fused-ring (bicyclic) bond motifs is 1. The van der Waals surface area contributed by atoms with E-state index in [1.54, 1.807) is 0 Å². The zero-order chi connectivity index (χ0) is 12.9. The van der Waals surface area contributed by atoms with Crippen LogP contribution in [0.4, 0.5) is 0 Å². The Hall–Kier alpha value is -1.08. The highest BCUT2D eigenvalue weighted by Gasteiger charge is 1.95. The molecule has 0 atom stereocenters. The Labute approximate surface area is 78.1 Å². The van der Waals surface area contributed by atoms with Gasteiger partial charge in [-0.15, -0.1) is 0 Å². The lowest BCUT2D eigenvalue weighted by molar-refractivity contribution is 1.41. The second kappa shape index (κ2) is 2.51. The number of rotatable bonds is 0. The first-order chi connectivity index (χ1) is 7.86. The third-order valence-electron chi connectivity index (χ3n) is 1.22. The van der Waals surface area contributed by atoms with Gasteiger partial charge in [0.25, 0.3) is 0 Å². The maximum Gasteiger partial charge on any atom is 0.0841 e. The van der Waals surface area contributed by atoms with E-state index in [0.717, 1.165) is 0 Å². The van der Waals surface area contributed by atoms with Crippen LogP contribution in [0, 0.1) is 0 Å². The minimum atomic E-state index is -0.428. The summed E-state index contributed by atoms with van der Waals surface area (Å²) in [5, 5.41) is -0.189. The molecule has 1 nitrogen and oxygen atoms in total. The Morgan fingerprint density at radius 3 is 3.00 bits per heavy atom. The maximum absolute atomic E-state index is 7.67. The summed E-state index contributed by atoms with van der Waals surface area (Å²) in [6.45, 7) is 0. The summed E-state index contributed by atoms with van der Waals surface area (Å²) in [4.78, 5) is 3.68. The van der Waals surface area contributed by atoms with E-state index in [2.05, 4.69) is 4.98 Å². The normalized spacial score (nSPS) is 17.9. The molecule has 2 heteroatoms. The third-order valence-corrected chi connectivity index (χ3v) is 1.50. The molecular formula is C9H6ClN. The molecule has 2 rings (SSSR count). The second-order valence-corrected chi connectivity index (χ2v) is 2.26. The first-order valence-corrected chi connectivity index (χ1v) is 3.26. The van der Waals surface area contributed by atoms with Gasteiger partial charge in [-0.25, -0.2) is 0 Å². The number of hydrogen-bond acceptors (Lipinski definition) is 1. The summed E-state index contributed by atoms with van der Waals surface area (Å²) in [5.74, 6) is 0. The third kappa shape index (κ3) is 1.08. The molecule has 0 bridgehead atoms. The Morgan fingerprint density at radius 1 is 1.27 bits per heavy atom. The number of aromatic nitrogens is 1. The van der Waals surface area contributed by atoms with Gasteiger partial charge in [0.05, 0.1) is 18.8 Å². The Balaban J connectivity index is 3.12. The fraction of sp³-hybridized carbons (Fsp3) is 0. The van der Waals surface area contributed by atoms with Crippen LogP contribution in [-0.4, -0.2) is 4.98 Å². The van der Waals surface area contributed by atoms with E-state index in [9.17, 15) is 0 Å². The zero-order valence-corrected chi connectivity index (χ0v) is 6.08. The minimum absolute atomic E-state index is 0.0151. The summed E-state index contributed by atoms with van der Waals surface area (Å²) in [6, 6.07) is -1.89. The Kier molecular flexibility index (Phi) is 0.630. The number of pyridine rings is 1. The molecule has 2 aromatic rings. The molecule has 0 aliphatic carbocycles. The number of hydrogen-bond donors (Lipinski definition) is 0. The molecule has 0 aliphatic heterocycles. The van der Waals surface area contributed by atoms with Crippen LogP contribution in [0.25, 0.3) is 10.9 Å². The SMILES string of the molecule is [2H]c1nc2c([2H])c([2H])c([2H])c([2H])c2c(Cl)c1[2H]. The Morgan fingerprint density at radius 2 is 2.09 bits per heavy atom. The smallest absolute Gasteiger partial charge is 0.0841 e. The average molecular weight is 170 g/mol. The number of para-hydroxylation sites is 1. The van der Waals surface area contributed by atoms with Gasteiger partial charge in [0.15, 0.2) is 0 Å². The lowest BCUT2D eigenvalue weighted by atomic mass is 10.2. The van der Waals surface area contributed by atoms with Gasteiger partial charge < -0.3 is 0 Å². The topological polar surface area (TPSA) is 12.9 Å². The van der Waals surface area contributed by atoms with Crippen LogP contribution < -0.4 is 0 Å². The summed E-state index contributed by atoms with van der Waals surface area (Å²) >= 11 is 5.84. The van der Waals surface area contributed by atoms with E-state index < -0.39 is 18.3 Å². The largest absolute Gasteiger partial charge is 0.256 e. The lowest BCUT2D eigenvalue weighted by Gasteiger charge is -1.96. The molecule has 54 valence electrons. The number of nitrogens with zero attached hydrogens (tertiary/aromatic N) is 1. The first-order valence-electron chi connectivity index (χ1n) is 5.89. The predicted molar refractivity (Wildman–Crippen MR) is 46.8 cm³/mol. The van der Waals surface area contributed by atoms with E-state index in [0.29, 0.717) is 0 Å². The minimum Gasteiger partial charge on any atom is -0.256 e. The number of halogens is 1. The standard InChI is InChI=1S/C9H6ClN/c10-8-5-6-11-9-4-2-1-3-7(8)9/h1-6H/i1D,2D,3D,4D,5D,6D. The zero-order valence-electron chi connectivity index (χ0n) is 11.3. The lowest BCUT2D eigenvalue weighted by Crippen LogP contribution is -1.76. The van der Waals surface area contributed by atoms with Crippen molar-refractivity contribution in [3.8, 4) is 0 Å². The molecule has 0 aliphatic rings. The van der Waals surface area contributed by atoms with Crippen molar-refractivity contribution >= 4 is 22.5 Å². The molecule has 0 saturated carbocycles. The molecule has 0 spiro atoms. The molecule has 1 aromatic heterocycles. The first kappa shape index (κ1) is 2.76. The molecule has 0 fully saturated rings. The van der Waals surface area contributed by atoms with Gasteiger partial charge in [0, 0.05) is 11.6 Å².